The highest BCUT2D eigenvalue weighted by molar-refractivity contribution is 7.92. The van der Waals surface area contributed by atoms with Crippen molar-refractivity contribution in [1.29, 1.82) is 0 Å². The summed E-state index contributed by atoms with van der Waals surface area (Å²) in [5, 5.41) is 0. The Balaban J connectivity index is 2.33. The molecule has 2 rings (SSSR count). The number of nitrogens with two attached hydrogens (primary N) is 1. The van der Waals surface area contributed by atoms with Crippen LogP contribution >= 0.6 is 0 Å². The Hall–Kier alpha value is -2.82. The molecule has 134 valence electrons. The second kappa shape index (κ2) is 6.59. The van der Waals surface area contributed by atoms with Crippen LogP contribution in [0.1, 0.15) is 16.1 Å². The fraction of sp³-hybridized carbons (Fsp3) is 0.143. The van der Waals surface area contributed by atoms with E-state index in [0.29, 0.717) is 6.07 Å². The van der Waals surface area contributed by atoms with Crippen molar-refractivity contribution in [3.05, 3.63) is 47.8 Å². The maximum absolute atomic E-state index is 12.5. The Morgan fingerprint density at radius 2 is 1.92 bits per heavy atom. The third-order valence-corrected chi connectivity index (χ3v) is 4.43. The number of nitrogens with zero attached hydrogens (tertiary/aromatic N) is 1. The van der Waals surface area contributed by atoms with Crippen molar-refractivity contribution in [3.8, 4) is 5.75 Å². The maximum Gasteiger partial charge on any atom is 0.433 e. The summed E-state index contributed by atoms with van der Waals surface area (Å²) in [5.74, 6) is -0.812. The van der Waals surface area contributed by atoms with Gasteiger partial charge in [-0.2, -0.15) is 13.2 Å². The van der Waals surface area contributed by atoms with Gasteiger partial charge in [0.25, 0.3) is 15.9 Å². The number of hydrogen-bond donors (Lipinski definition) is 2. The van der Waals surface area contributed by atoms with E-state index in [1.165, 1.54) is 13.2 Å². The first kappa shape index (κ1) is 18.5. The zero-order valence-electron chi connectivity index (χ0n) is 12.7. The summed E-state index contributed by atoms with van der Waals surface area (Å²) in [5.41, 5.74) is 3.67. The van der Waals surface area contributed by atoms with Crippen LogP contribution in [0.4, 0.5) is 18.9 Å². The van der Waals surface area contributed by atoms with Crippen molar-refractivity contribution in [2.45, 2.75) is 11.1 Å². The first-order valence-corrected chi connectivity index (χ1v) is 8.07. The molecule has 0 bridgehead atoms. The van der Waals surface area contributed by atoms with Gasteiger partial charge < -0.3 is 10.5 Å². The van der Waals surface area contributed by atoms with Gasteiger partial charge in [-0.3, -0.25) is 9.52 Å². The molecule has 0 saturated carbocycles. The van der Waals surface area contributed by atoms with Gasteiger partial charge in [0.2, 0.25) is 0 Å². The molecule has 2 aromatic rings. The highest BCUT2D eigenvalue weighted by atomic mass is 32.2. The van der Waals surface area contributed by atoms with Crippen molar-refractivity contribution in [2.24, 2.45) is 5.73 Å². The number of halogens is 3. The molecule has 1 aromatic carbocycles. The van der Waals surface area contributed by atoms with Crippen molar-refractivity contribution < 1.29 is 31.1 Å². The molecular weight excluding hydrogens is 363 g/mol. The van der Waals surface area contributed by atoms with Crippen molar-refractivity contribution in [3.63, 3.8) is 0 Å². The summed E-state index contributed by atoms with van der Waals surface area (Å²) in [6.07, 6.45) is -3.90. The van der Waals surface area contributed by atoms with Gasteiger partial charge in [-0.1, -0.05) is 0 Å². The fourth-order valence-corrected chi connectivity index (χ4v) is 2.95. The fourth-order valence-electron chi connectivity index (χ4n) is 1.88. The van der Waals surface area contributed by atoms with Crippen LogP contribution in [0, 0.1) is 0 Å². The summed E-state index contributed by atoms with van der Waals surface area (Å²) in [6, 6.07) is 4.96. The van der Waals surface area contributed by atoms with Gasteiger partial charge in [0.15, 0.2) is 0 Å². The highest BCUT2D eigenvalue weighted by Gasteiger charge is 2.32. The number of carbonyl (C=O) groups is 1. The first-order valence-electron chi connectivity index (χ1n) is 6.58. The molecule has 0 aliphatic heterocycles. The van der Waals surface area contributed by atoms with Gasteiger partial charge >= 0.3 is 6.18 Å². The number of anilines is 1. The average Bonchev–Trinajstić information content (AvgIpc) is 2.53. The Labute approximate surface area is 140 Å². The number of carbonyl (C=O) groups excluding carboxylic acids is 1. The van der Waals surface area contributed by atoms with E-state index >= 15 is 0 Å². The van der Waals surface area contributed by atoms with Crippen molar-refractivity contribution >= 4 is 21.6 Å². The number of primary amides is 1. The third-order valence-electron chi connectivity index (χ3n) is 3.05. The summed E-state index contributed by atoms with van der Waals surface area (Å²) in [7, 11) is -2.90. The second-order valence-corrected chi connectivity index (χ2v) is 6.44. The van der Waals surface area contributed by atoms with Crippen molar-refractivity contribution in [2.75, 3.05) is 11.8 Å². The normalized spacial score (nSPS) is 11.8. The van der Waals surface area contributed by atoms with Crippen LogP contribution in [-0.4, -0.2) is 26.4 Å². The first-order chi connectivity index (χ1) is 11.5. The molecule has 11 heteroatoms. The summed E-state index contributed by atoms with van der Waals surface area (Å²) >= 11 is 0. The standard InChI is InChI=1S/C14H12F3N3O4S/c1-24-11-4-3-9(6-10(11)13(18)21)25(22,23)20-8-2-5-12(19-7-8)14(15,16)17/h2-7,20H,1H3,(H2,18,21). The third kappa shape index (κ3) is 4.18. The zero-order chi connectivity index (χ0) is 18.8. The van der Waals surface area contributed by atoms with Crippen LogP contribution in [0.15, 0.2) is 41.4 Å². The minimum absolute atomic E-state index is 0.0858. The largest absolute Gasteiger partial charge is 0.496 e. The molecule has 7 nitrogen and oxygen atoms in total. The summed E-state index contributed by atoms with van der Waals surface area (Å²) in [4.78, 5) is 14.2. The Morgan fingerprint density at radius 3 is 2.40 bits per heavy atom. The van der Waals surface area contributed by atoms with E-state index in [1.54, 1.807) is 0 Å². The van der Waals surface area contributed by atoms with E-state index in [4.69, 9.17) is 10.5 Å². The topological polar surface area (TPSA) is 111 Å². The molecule has 25 heavy (non-hydrogen) atoms. The molecule has 3 N–H and O–H groups in total. The van der Waals surface area contributed by atoms with Crippen LogP contribution in [0.25, 0.3) is 0 Å². The van der Waals surface area contributed by atoms with Crippen LogP contribution in [-0.2, 0) is 16.2 Å². The molecule has 0 unspecified atom stereocenters. The molecule has 0 aliphatic rings. The van der Waals surface area contributed by atoms with Crippen LogP contribution in [0.3, 0.4) is 0 Å². The van der Waals surface area contributed by atoms with Gasteiger partial charge in [-0.15, -0.1) is 0 Å². The molecule has 0 saturated heterocycles. The Morgan fingerprint density at radius 1 is 1.24 bits per heavy atom. The Kier molecular flexibility index (Phi) is 4.88. The lowest BCUT2D eigenvalue weighted by atomic mass is 10.2. The molecule has 0 radical (unpaired) electrons. The van der Waals surface area contributed by atoms with Gasteiger partial charge in [-0.25, -0.2) is 13.4 Å². The van der Waals surface area contributed by atoms with E-state index in [9.17, 15) is 26.4 Å². The second-order valence-electron chi connectivity index (χ2n) is 4.76. The lowest BCUT2D eigenvalue weighted by Crippen LogP contribution is -2.17. The lowest BCUT2D eigenvalue weighted by Gasteiger charge is -2.11. The Bertz CT molecular complexity index is 897. The maximum atomic E-state index is 12.5. The number of methoxy groups -OCH3 is 1. The van der Waals surface area contributed by atoms with Gasteiger partial charge in [0.1, 0.15) is 11.4 Å². The number of hydrogen-bond acceptors (Lipinski definition) is 5. The zero-order valence-corrected chi connectivity index (χ0v) is 13.5. The van der Waals surface area contributed by atoms with Gasteiger partial charge in [0, 0.05) is 0 Å². The number of pyridine rings is 1. The average molecular weight is 375 g/mol. The van der Waals surface area contributed by atoms with Crippen molar-refractivity contribution in [1.82, 2.24) is 4.98 Å². The number of benzene rings is 1. The summed E-state index contributed by atoms with van der Waals surface area (Å²) < 4.78 is 69.0. The van der Waals surface area contributed by atoms with E-state index in [-0.39, 0.29) is 21.9 Å². The molecule has 1 aromatic heterocycles. The predicted octanol–water partition coefficient (Wildman–Crippen LogP) is 2.01. The molecular formula is C14H12F3N3O4S. The van der Waals surface area contributed by atoms with Gasteiger partial charge in [-0.05, 0) is 30.3 Å². The highest BCUT2D eigenvalue weighted by Crippen LogP contribution is 2.28. The molecule has 1 amide bonds. The van der Waals surface area contributed by atoms with Crippen LogP contribution < -0.4 is 15.2 Å². The number of ether oxygens (including phenoxy) is 1. The predicted molar refractivity (Wildman–Crippen MR) is 81.6 cm³/mol. The monoisotopic (exact) mass is 375 g/mol. The molecule has 0 aliphatic carbocycles. The van der Waals surface area contributed by atoms with E-state index in [1.807, 2.05) is 0 Å². The minimum atomic E-state index is -4.64. The van der Waals surface area contributed by atoms with E-state index in [2.05, 4.69) is 9.71 Å². The van der Waals surface area contributed by atoms with Gasteiger partial charge in [0.05, 0.1) is 29.5 Å². The summed E-state index contributed by atoms with van der Waals surface area (Å²) in [6.45, 7) is 0. The number of alkyl halides is 3. The molecule has 0 fully saturated rings. The lowest BCUT2D eigenvalue weighted by molar-refractivity contribution is -0.141. The van der Waals surface area contributed by atoms with Crippen LogP contribution in [0.5, 0.6) is 5.75 Å². The number of sulfonamides is 1. The number of rotatable bonds is 5. The molecule has 0 atom stereocenters. The number of nitrogens with one attached hydrogen (secondary N) is 1. The SMILES string of the molecule is COc1ccc(S(=O)(=O)Nc2ccc(C(F)(F)F)nc2)cc1C(N)=O. The minimum Gasteiger partial charge on any atom is -0.496 e. The molecule has 1 heterocycles. The number of aromatic nitrogens is 1. The number of amides is 1. The van der Waals surface area contributed by atoms with E-state index < -0.39 is 27.8 Å². The van der Waals surface area contributed by atoms with E-state index in [0.717, 1.165) is 24.4 Å². The molecule has 0 spiro atoms. The smallest absolute Gasteiger partial charge is 0.433 e. The quantitative estimate of drug-likeness (QED) is 0.830. The van der Waals surface area contributed by atoms with Crippen LogP contribution in [0.2, 0.25) is 0 Å².